The molecule has 32 heavy (non-hydrogen) atoms. The van der Waals surface area contributed by atoms with Crippen molar-refractivity contribution in [1.29, 1.82) is 0 Å². The van der Waals surface area contributed by atoms with E-state index in [0.717, 1.165) is 20.8 Å². The van der Waals surface area contributed by atoms with Gasteiger partial charge in [-0.25, -0.2) is 0 Å². The summed E-state index contributed by atoms with van der Waals surface area (Å²) >= 11 is 0.454. The van der Waals surface area contributed by atoms with Crippen LogP contribution in [-0.4, -0.2) is 66.3 Å². The van der Waals surface area contributed by atoms with Crippen LogP contribution in [0.1, 0.15) is 34.1 Å². The second kappa shape index (κ2) is 11.8. The summed E-state index contributed by atoms with van der Waals surface area (Å²) in [5, 5.41) is -0.400. The minimum atomic E-state index is -1.42. The van der Waals surface area contributed by atoms with E-state index in [-0.39, 0.29) is 6.61 Å². The molecule has 0 N–H and O–H groups in total. The highest BCUT2D eigenvalue weighted by Crippen LogP contribution is 2.32. The largest absolute Gasteiger partial charge is 0.463 e. The predicted octanol–water partition coefficient (Wildman–Crippen LogP) is 1.15. The number of ether oxygens (including phenoxy) is 5. The van der Waals surface area contributed by atoms with Crippen LogP contribution < -0.4 is 0 Å². The van der Waals surface area contributed by atoms with Crippen LogP contribution in [0.15, 0.2) is 23.8 Å². The van der Waals surface area contributed by atoms with Gasteiger partial charge in [0, 0.05) is 33.3 Å². The third kappa shape index (κ3) is 7.46. The van der Waals surface area contributed by atoms with E-state index in [2.05, 4.69) is 0 Å². The van der Waals surface area contributed by atoms with Crippen LogP contribution in [-0.2, 0) is 51.8 Å². The Hall–Kier alpha value is -2.70. The summed E-state index contributed by atoms with van der Waals surface area (Å²) in [5.41, 5.74) is 0.487. The van der Waals surface area contributed by atoms with Crippen molar-refractivity contribution in [2.24, 2.45) is 0 Å². The van der Waals surface area contributed by atoms with Crippen LogP contribution in [0.2, 0.25) is 0 Å². The highest BCUT2D eigenvalue weighted by Gasteiger charge is 2.53. The average molecular weight is 472 g/mol. The molecule has 2 rings (SSSR count). The quantitative estimate of drug-likeness (QED) is 0.284. The van der Waals surface area contributed by atoms with Gasteiger partial charge in [0.05, 0.1) is 12.0 Å². The zero-order valence-corrected chi connectivity index (χ0v) is 18.7. The van der Waals surface area contributed by atoms with Gasteiger partial charge in [0.1, 0.15) is 12.7 Å². The summed E-state index contributed by atoms with van der Waals surface area (Å²) in [6, 6.07) is 0. The number of hydrogen-bond donors (Lipinski definition) is 0. The molecule has 0 saturated carbocycles. The SMILES string of the molecule is CC(=O)OC[C@H]1O[C@@H](OSC(=O)C2=CC=CC2)[C@H](OC(C)=O)[C@@H](OC(C)=O)[C@@H]1OC(C)=O. The highest BCUT2D eigenvalue weighted by molar-refractivity contribution is 8.10. The van der Waals surface area contributed by atoms with Gasteiger partial charge in [0.2, 0.25) is 11.4 Å². The number of carbonyl (C=O) groups excluding carboxylic acids is 5. The molecule has 0 aromatic rings. The first-order chi connectivity index (χ1) is 15.1. The number of esters is 4. The Morgan fingerprint density at radius 2 is 1.50 bits per heavy atom. The minimum Gasteiger partial charge on any atom is -0.463 e. The number of carbonyl (C=O) groups is 5. The molecule has 0 unspecified atom stereocenters. The zero-order chi connectivity index (χ0) is 23.8. The van der Waals surface area contributed by atoms with E-state index in [1.165, 1.54) is 6.92 Å². The summed E-state index contributed by atoms with van der Waals surface area (Å²) in [5.74, 6) is -2.90. The molecule has 11 nitrogen and oxygen atoms in total. The molecule has 5 atom stereocenters. The van der Waals surface area contributed by atoms with Crippen LogP contribution in [0.4, 0.5) is 0 Å². The van der Waals surface area contributed by atoms with Gasteiger partial charge in [-0.1, -0.05) is 18.2 Å². The fourth-order valence-corrected chi connectivity index (χ4v) is 3.60. The van der Waals surface area contributed by atoms with Gasteiger partial charge in [-0.05, 0) is 6.42 Å². The fraction of sp³-hybridized carbons (Fsp3) is 0.550. The predicted molar refractivity (Wildman–Crippen MR) is 107 cm³/mol. The van der Waals surface area contributed by atoms with Crippen molar-refractivity contribution in [1.82, 2.24) is 0 Å². The smallest absolute Gasteiger partial charge is 0.303 e. The third-order valence-electron chi connectivity index (χ3n) is 4.20. The van der Waals surface area contributed by atoms with Gasteiger partial charge in [0.15, 0.2) is 18.3 Å². The molecule has 0 aromatic heterocycles. The van der Waals surface area contributed by atoms with E-state index in [9.17, 15) is 24.0 Å². The first-order valence-electron chi connectivity index (χ1n) is 9.62. The lowest BCUT2D eigenvalue weighted by molar-refractivity contribution is -0.286. The molecular formula is C20H24O11S. The van der Waals surface area contributed by atoms with E-state index >= 15 is 0 Å². The summed E-state index contributed by atoms with van der Waals surface area (Å²) in [7, 11) is 0. The number of allylic oxidation sites excluding steroid dienone is 3. The molecule has 176 valence electrons. The molecule has 1 heterocycles. The lowest BCUT2D eigenvalue weighted by atomic mass is 9.98. The number of rotatable bonds is 8. The molecule has 0 spiro atoms. The first kappa shape index (κ1) is 25.6. The van der Waals surface area contributed by atoms with Crippen molar-refractivity contribution in [3.63, 3.8) is 0 Å². The molecule has 0 amide bonds. The lowest BCUT2D eigenvalue weighted by Gasteiger charge is -2.43. The summed E-state index contributed by atoms with van der Waals surface area (Å²) in [6.07, 6.45) is -1.01. The standard InChI is InChI=1S/C20H24O11S/c1-10(21)26-9-15-16(27-11(2)22)17(28-12(3)23)18(29-13(4)24)20(30-15)31-32-19(25)14-7-5-6-8-14/h5-7,15-18,20H,8-9H2,1-4H3/t15-,16-,17+,18-,20+/m1/s1. The lowest BCUT2D eigenvalue weighted by Crippen LogP contribution is -2.62. The van der Waals surface area contributed by atoms with Crippen LogP contribution in [0.5, 0.6) is 0 Å². The van der Waals surface area contributed by atoms with Crippen molar-refractivity contribution < 1.29 is 51.8 Å². The van der Waals surface area contributed by atoms with Gasteiger partial charge >= 0.3 is 23.9 Å². The fourth-order valence-electron chi connectivity index (χ4n) is 3.01. The molecule has 1 aliphatic heterocycles. The zero-order valence-electron chi connectivity index (χ0n) is 17.9. The minimum absolute atomic E-state index is 0.384. The van der Waals surface area contributed by atoms with Crippen molar-refractivity contribution in [2.75, 3.05) is 6.61 Å². The average Bonchev–Trinajstić information content (AvgIpc) is 3.22. The van der Waals surface area contributed by atoms with Crippen molar-refractivity contribution in [3.05, 3.63) is 23.8 Å². The Labute approximate surface area is 188 Å². The van der Waals surface area contributed by atoms with Gasteiger partial charge in [-0.15, -0.1) is 0 Å². The van der Waals surface area contributed by atoms with Crippen LogP contribution in [0.25, 0.3) is 0 Å². The van der Waals surface area contributed by atoms with Crippen molar-refractivity contribution >= 4 is 41.0 Å². The maximum absolute atomic E-state index is 12.3. The van der Waals surface area contributed by atoms with E-state index in [4.69, 9.17) is 27.9 Å². The van der Waals surface area contributed by atoms with E-state index in [0.29, 0.717) is 24.0 Å². The van der Waals surface area contributed by atoms with Gasteiger partial charge in [-0.2, -0.15) is 0 Å². The second-order valence-electron chi connectivity index (χ2n) is 6.86. The van der Waals surface area contributed by atoms with E-state index in [1.54, 1.807) is 18.2 Å². The Morgan fingerprint density at radius 1 is 0.906 bits per heavy atom. The van der Waals surface area contributed by atoms with Crippen LogP contribution >= 0.6 is 12.0 Å². The Bertz CT molecular complexity index is 818. The van der Waals surface area contributed by atoms with Gasteiger partial charge in [-0.3, -0.25) is 28.2 Å². The molecule has 1 saturated heterocycles. The maximum Gasteiger partial charge on any atom is 0.303 e. The molecule has 2 aliphatic rings. The van der Waals surface area contributed by atoms with Crippen molar-refractivity contribution in [2.45, 2.75) is 64.8 Å². The van der Waals surface area contributed by atoms with Gasteiger partial charge < -0.3 is 23.7 Å². The maximum atomic E-state index is 12.3. The molecule has 1 aliphatic carbocycles. The van der Waals surface area contributed by atoms with Crippen LogP contribution in [0, 0.1) is 0 Å². The monoisotopic (exact) mass is 472 g/mol. The van der Waals surface area contributed by atoms with Crippen LogP contribution in [0.3, 0.4) is 0 Å². The summed E-state index contributed by atoms with van der Waals surface area (Å²) in [4.78, 5) is 58.8. The van der Waals surface area contributed by atoms with E-state index < -0.39 is 59.7 Å². The Balaban J connectivity index is 2.31. The number of hydrogen-bond acceptors (Lipinski definition) is 12. The van der Waals surface area contributed by atoms with Gasteiger partial charge in [0.25, 0.3) is 0 Å². The first-order valence-corrected chi connectivity index (χ1v) is 10.4. The second-order valence-corrected chi connectivity index (χ2v) is 7.59. The Kier molecular flexibility index (Phi) is 9.42. The summed E-state index contributed by atoms with van der Waals surface area (Å²) < 4.78 is 32.0. The highest BCUT2D eigenvalue weighted by atomic mass is 32.2. The van der Waals surface area contributed by atoms with E-state index in [1.807, 2.05) is 0 Å². The molecular weight excluding hydrogens is 448 g/mol. The molecule has 0 radical (unpaired) electrons. The Morgan fingerprint density at radius 3 is 2.03 bits per heavy atom. The van der Waals surface area contributed by atoms with Crippen molar-refractivity contribution in [3.8, 4) is 0 Å². The molecule has 0 bridgehead atoms. The summed E-state index contributed by atoms with van der Waals surface area (Å²) in [6.45, 7) is 4.13. The molecule has 0 aromatic carbocycles. The third-order valence-corrected chi connectivity index (χ3v) is 4.90. The topological polar surface area (TPSA) is 141 Å². The molecule has 1 fully saturated rings. The molecule has 12 heteroatoms. The normalized spacial score (nSPS) is 26.6.